The zero-order valence-electron chi connectivity index (χ0n) is 48.6. The summed E-state index contributed by atoms with van der Waals surface area (Å²) in [6, 6.07) is 0. The highest BCUT2D eigenvalue weighted by atomic mass is 32.3. The summed E-state index contributed by atoms with van der Waals surface area (Å²) in [5.41, 5.74) is 0. The molecule has 1 rings (SSSR count). The Morgan fingerprint density at radius 2 is 0.868 bits per heavy atom. The van der Waals surface area contributed by atoms with Crippen molar-refractivity contribution in [3.63, 3.8) is 0 Å². The highest BCUT2D eigenvalue weighted by Crippen LogP contribution is 2.26. The Morgan fingerprint density at radius 1 is 0.500 bits per heavy atom. The minimum atomic E-state index is -5.07. The van der Waals surface area contributed by atoms with E-state index in [0.29, 0.717) is 13.0 Å². The molecule has 1 fully saturated rings. The highest BCUT2D eigenvalue weighted by molar-refractivity contribution is 7.80. The molecule has 0 bridgehead atoms. The van der Waals surface area contributed by atoms with Gasteiger partial charge < -0.3 is 34.3 Å². The average Bonchev–Trinajstić information content (AvgIpc) is 3.40. The normalized spacial score (nSPS) is 18.8. The lowest BCUT2D eigenvalue weighted by atomic mass is 9.99. The van der Waals surface area contributed by atoms with Gasteiger partial charge in [-0.3, -0.25) is 9.35 Å². The lowest BCUT2D eigenvalue weighted by Gasteiger charge is -2.41. The van der Waals surface area contributed by atoms with Crippen LogP contribution in [0.2, 0.25) is 0 Å². The first kappa shape index (κ1) is 72.1. The van der Waals surface area contributed by atoms with E-state index in [1.54, 1.807) is 0 Å². The molecule has 13 heteroatoms. The van der Waals surface area contributed by atoms with Gasteiger partial charge in [-0.15, -0.1) is 0 Å². The summed E-state index contributed by atoms with van der Waals surface area (Å²) >= 11 is 0. The molecule has 76 heavy (non-hydrogen) atoms. The summed E-state index contributed by atoms with van der Waals surface area (Å²) < 4.78 is 59.6. The number of aliphatic hydroxyl groups is 3. The third kappa shape index (κ3) is 45.9. The van der Waals surface area contributed by atoms with Gasteiger partial charge in [-0.2, -0.15) is 8.42 Å². The molecule has 1 heterocycles. The van der Waals surface area contributed by atoms with Crippen molar-refractivity contribution < 1.29 is 56.2 Å². The number of carbonyl (C=O) groups is 1. The van der Waals surface area contributed by atoms with E-state index in [2.05, 4.69) is 66.6 Å². The summed E-state index contributed by atoms with van der Waals surface area (Å²) in [5, 5.41) is 30.9. The van der Waals surface area contributed by atoms with Crippen LogP contribution in [0.25, 0.3) is 0 Å². The van der Waals surface area contributed by atoms with Gasteiger partial charge >= 0.3 is 16.4 Å². The molecule has 0 aromatic rings. The van der Waals surface area contributed by atoms with Gasteiger partial charge in [-0.05, 0) is 77.0 Å². The average molecular weight is 1100 g/mol. The highest BCUT2D eigenvalue weighted by Gasteiger charge is 2.48. The van der Waals surface area contributed by atoms with Crippen molar-refractivity contribution >= 4 is 16.4 Å². The number of hydrogen-bond donors (Lipinski definition) is 4. The topological polar surface area (TPSA) is 178 Å². The number of allylic oxidation sites excluding steroid dienone is 8. The molecule has 0 aliphatic carbocycles. The van der Waals surface area contributed by atoms with Gasteiger partial charge in [0.15, 0.2) is 6.29 Å². The van der Waals surface area contributed by atoms with Crippen LogP contribution < -0.4 is 0 Å². The second-order valence-corrected chi connectivity index (χ2v) is 22.7. The van der Waals surface area contributed by atoms with E-state index in [0.717, 1.165) is 57.8 Å². The van der Waals surface area contributed by atoms with Crippen molar-refractivity contribution in [3.8, 4) is 0 Å². The van der Waals surface area contributed by atoms with Crippen molar-refractivity contribution in [3.05, 3.63) is 48.6 Å². The van der Waals surface area contributed by atoms with Crippen molar-refractivity contribution in [1.82, 2.24) is 0 Å². The Labute approximate surface area is 466 Å². The first-order valence-electron chi connectivity index (χ1n) is 31.4. The van der Waals surface area contributed by atoms with E-state index in [-0.39, 0.29) is 19.6 Å². The molecule has 0 saturated carbocycles. The molecule has 12 nitrogen and oxygen atoms in total. The van der Waals surface area contributed by atoms with Crippen LogP contribution in [0.5, 0.6) is 0 Å². The van der Waals surface area contributed by atoms with Gasteiger partial charge in [0.2, 0.25) is 0 Å². The molecule has 6 unspecified atom stereocenters. The van der Waals surface area contributed by atoms with Crippen LogP contribution in [0.1, 0.15) is 284 Å². The van der Waals surface area contributed by atoms with Crippen LogP contribution >= 0.6 is 0 Å². The number of unbranched alkanes of at least 4 members (excludes halogenated alkanes) is 35. The zero-order chi connectivity index (χ0) is 55.3. The maximum Gasteiger partial charge on any atom is 0.397 e. The molecule has 1 saturated heterocycles. The molecule has 446 valence electrons. The summed E-state index contributed by atoms with van der Waals surface area (Å²) in [7, 11) is -5.07. The van der Waals surface area contributed by atoms with E-state index >= 15 is 0 Å². The molecule has 0 amide bonds. The Hall–Kier alpha value is -1.94. The number of aliphatic hydroxyl groups excluding tert-OH is 3. The lowest BCUT2D eigenvalue weighted by molar-refractivity contribution is -0.301. The second kappa shape index (κ2) is 53.7. The molecular weight excluding hydrogens is 981 g/mol. The molecule has 0 radical (unpaired) electrons. The first-order valence-corrected chi connectivity index (χ1v) is 32.8. The van der Waals surface area contributed by atoms with Crippen LogP contribution in [0.3, 0.4) is 0 Å². The van der Waals surface area contributed by atoms with Gasteiger partial charge in [0.1, 0.15) is 30.5 Å². The van der Waals surface area contributed by atoms with Gasteiger partial charge in [-0.25, -0.2) is 4.18 Å². The van der Waals surface area contributed by atoms with E-state index in [4.69, 9.17) is 18.9 Å². The number of carbonyl (C=O) groups excluding carboxylic acids is 1. The number of hydrogen-bond acceptors (Lipinski definition) is 11. The SMILES string of the molecule is CCCCCCC/C=C\C/C=C\C/C=C\CCCCCCCCCCCCC(=O)OC(COCCCCCCCCCCCCCC/C=C\CCCCCCCCCC)COC1OC(CO)C(O)C(OS(=O)(=O)O)C1O. The smallest absolute Gasteiger partial charge is 0.397 e. The molecular formula is C63H116O12S. The van der Waals surface area contributed by atoms with Crippen molar-refractivity contribution in [2.75, 3.05) is 26.4 Å². The van der Waals surface area contributed by atoms with Crippen molar-refractivity contribution in [1.29, 1.82) is 0 Å². The third-order valence-corrected chi connectivity index (χ3v) is 14.9. The number of ether oxygens (including phenoxy) is 4. The maximum absolute atomic E-state index is 13.0. The fourth-order valence-electron chi connectivity index (χ4n) is 9.68. The van der Waals surface area contributed by atoms with Crippen LogP contribution in [-0.4, -0.2) is 97.5 Å². The number of rotatable bonds is 56. The Morgan fingerprint density at radius 3 is 1.28 bits per heavy atom. The molecule has 1 aliphatic heterocycles. The summed E-state index contributed by atoms with van der Waals surface area (Å²) in [4.78, 5) is 13.0. The van der Waals surface area contributed by atoms with E-state index in [1.807, 2.05) is 0 Å². The molecule has 0 aromatic carbocycles. The van der Waals surface area contributed by atoms with Crippen LogP contribution in [0.4, 0.5) is 0 Å². The Kier molecular flexibility index (Phi) is 50.9. The van der Waals surface area contributed by atoms with Crippen molar-refractivity contribution in [2.24, 2.45) is 0 Å². The fraction of sp³-hybridized carbons (Fsp3) is 0.857. The predicted molar refractivity (Wildman–Crippen MR) is 313 cm³/mol. The van der Waals surface area contributed by atoms with Crippen LogP contribution in [0, 0.1) is 0 Å². The monoisotopic (exact) mass is 1100 g/mol. The quantitative estimate of drug-likeness (QED) is 0.0196. The van der Waals surface area contributed by atoms with Crippen LogP contribution in [0.15, 0.2) is 48.6 Å². The molecule has 4 N–H and O–H groups in total. The van der Waals surface area contributed by atoms with Gasteiger partial charge in [0.25, 0.3) is 0 Å². The maximum atomic E-state index is 13.0. The van der Waals surface area contributed by atoms with E-state index in [9.17, 15) is 33.1 Å². The largest absolute Gasteiger partial charge is 0.457 e. The fourth-order valence-corrected chi connectivity index (χ4v) is 10.2. The molecule has 6 atom stereocenters. The predicted octanol–water partition coefficient (Wildman–Crippen LogP) is 16.2. The zero-order valence-corrected chi connectivity index (χ0v) is 49.4. The van der Waals surface area contributed by atoms with Crippen LogP contribution in [-0.2, 0) is 38.3 Å². The minimum absolute atomic E-state index is 0.0353. The Balaban J connectivity index is 2.26. The minimum Gasteiger partial charge on any atom is -0.457 e. The first-order chi connectivity index (χ1) is 37.1. The second-order valence-electron chi connectivity index (χ2n) is 21.6. The standard InChI is InChI=1S/C63H116O12S/c1-3-5-7-9-11-13-15-17-19-21-23-25-27-29-30-32-34-36-38-40-42-44-46-48-50-52-59(65)73-57(56-72-63-61(67)62(75-76(68,69)70)60(66)58(54-64)74-63)55-71-53-51-49-47-45-43-41-39-37-35-33-31-28-26-24-22-20-18-16-14-12-10-8-6-4-2/h15,17,21-24,27,29,57-58,60-64,66-67H,3-14,16,18-20,25-26,28,30-56H2,1-2H3,(H,68,69,70)/b17-15-,23-21-,24-22-,29-27-. The van der Waals surface area contributed by atoms with E-state index < -0.39 is 59.8 Å². The molecule has 1 aliphatic rings. The summed E-state index contributed by atoms with van der Waals surface area (Å²) in [6.45, 7) is 4.03. The van der Waals surface area contributed by atoms with Crippen molar-refractivity contribution in [2.45, 2.75) is 320 Å². The molecule has 0 spiro atoms. The van der Waals surface area contributed by atoms with Gasteiger partial charge in [-0.1, -0.05) is 249 Å². The lowest BCUT2D eigenvalue weighted by Crippen LogP contribution is -2.60. The third-order valence-electron chi connectivity index (χ3n) is 14.4. The number of esters is 1. The van der Waals surface area contributed by atoms with E-state index in [1.165, 1.54) is 199 Å². The Bertz CT molecular complexity index is 1500. The van der Waals surface area contributed by atoms with Gasteiger partial charge in [0.05, 0.1) is 19.8 Å². The summed E-state index contributed by atoms with van der Waals surface area (Å²) in [6.07, 6.45) is 60.1. The van der Waals surface area contributed by atoms with Gasteiger partial charge in [0, 0.05) is 13.0 Å². The summed E-state index contributed by atoms with van der Waals surface area (Å²) in [5.74, 6) is -0.399. The molecule has 0 aromatic heterocycles.